The van der Waals surface area contributed by atoms with Crippen LogP contribution in [-0.2, 0) is 0 Å². The first-order valence-electron chi connectivity index (χ1n) is 6.60. The molecule has 0 heterocycles. The van der Waals surface area contributed by atoms with E-state index >= 15 is 0 Å². The van der Waals surface area contributed by atoms with Crippen LogP contribution in [0.3, 0.4) is 0 Å². The summed E-state index contributed by atoms with van der Waals surface area (Å²) >= 11 is 5.77. The highest BCUT2D eigenvalue weighted by atomic mass is 35.5. The lowest BCUT2D eigenvalue weighted by atomic mass is 10.1. The van der Waals surface area contributed by atoms with Crippen LogP contribution in [-0.4, -0.2) is 19.5 Å². The van der Waals surface area contributed by atoms with Gasteiger partial charge in [0.1, 0.15) is 0 Å². The lowest BCUT2D eigenvalue weighted by Crippen LogP contribution is -2.03. The number of ether oxygens (including phenoxy) is 2. The van der Waals surface area contributed by atoms with Crippen molar-refractivity contribution in [3.63, 3.8) is 0 Å². The Labute approximate surface area is 137 Å². The summed E-state index contributed by atoms with van der Waals surface area (Å²) in [6.45, 7) is -2.93. The fourth-order valence-electron chi connectivity index (χ4n) is 1.86. The lowest BCUT2D eigenvalue weighted by molar-refractivity contribution is -0.0512. The van der Waals surface area contributed by atoms with E-state index in [0.717, 1.165) is 0 Å². The number of allylic oxidation sites excluding steroid dienone is 1. The van der Waals surface area contributed by atoms with Crippen molar-refractivity contribution < 1.29 is 23.0 Å². The molecule has 2 aromatic carbocycles. The van der Waals surface area contributed by atoms with Gasteiger partial charge in [-0.2, -0.15) is 8.78 Å². The number of methoxy groups -OCH3 is 1. The van der Waals surface area contributed by atoms with Gasteiger partial charge in [-0.3, -0.25) is 4.79 Å². The normalized spacial score (nSPS) is 11.0. The predicted molar refractivity (Wildman–Crippen MR) is 84.4 cm³/mol. The van der Waals surface area contributed by atoms with Gasteiger partial charge in [0.15, 0.2) is 17.3 Å². The summed E-state index contributed by atoms with van der Waals surface area (Å²) in [5.41, 5.74) is 1.11. The maximum Gasteiger partial charge on any atom is 0.387 e. The van der Waals surface area contributed by atoms with Crippen LogP contribution in [0, 0.1) is 0 Å². The molecule has 0 aromatic heterocycles. The highest BCUT2D eigenvalue weighted by Crippen LogP contribution is 2.29. The molecule has 0 amide bonds. The van der Waals surface area contributed by atoms with Gasteiger partial charge in [0.25, 0.3) is 0 Å². The van der Waals surface area contributed by atoms with Gasteiger partial charge in [-0.05, 0) is 48.0 Å². The summed E-state index contributed by atoms with van der Waals surface area (Å²) in [6, 6.07) is 10.9. The molecule has 120 valence electrons. The Hall–Kier alpha value is -2.40. The number of ketones is 1. The van der Waals surface area contributed by atoms with E-state index in [1.54, 1.807) is 36.4 Å². The molecule has 0 fully saturated rings. The summed E-state index contributed by atoms with van der Waals surface area (Å²) in [4.78, 5) is 12.0. The molecule has 0 N–H and O–H groups in total. The molecule has 2 rings (SSSR count). The third kappa shape index (κ3) is 4.79. The van der Waals surface area contributed by atoms with Crippen LogP contribution in [0.2, 0.25) is 5.02 Å². The topological polar surface area (TPSA) is 35.5 Å². The van der Waals surface area contributed by atoms with Gasteiger partial charge in [-0.1, -0.05) is 23.7 Å². The Morgan fingerprint density at radius 2 is 1.83 bits per heavy atom. The number of hydrogen-bond acceptors (Lipinski definition) is 3. The minimum atomic E-state index is -2.93. The molecule has 23 heavy (non-hydrogen) atoms. The minimum absolute atomic E-state index is 0.0660. The first-order valence-corrected chi connectivity index (χ1v) is 6.98. The third-order valence-corrected chi connectivity index (χ3v) is 3.21. The van der Waals surface area contributed by atoms with Crippen molar-refractivity contribution in [2.45, 2.75) is 6.61 Å². The highest BCUT2D eigenvalue weighted by molar-refractivity contribution is 6.30. The van der Waals surface area contributed by atoms with Crippen molar-refractivity contribution >= 4 is 23.5 Å². The molecule has 6 heteroatoms. The fraction of sp³-hybridized carbons (Fsp3) is 0.118. The number of rotatable bonds is 6. The van der Waals surface area contributed by atoms with Crippen LogP contribution < -0.4 is 9.47 Å². The number of halogens is 3. The maximum atomic E-state index is 12.3. The van der Waals surface area contributed by atoms with Crippen LogP contribution in [0.4, 0.5) is 8.78 Å². The third-order valence-electron chi connectivity index (χ3n) is 2.96. The van der Waals surface area contributed by atoms with Crippen molar-refractivity contribution in [3.8, 4) is 11.5 Å². The van der Waals surface area contributed by atoms with E-state index in [1.807, 2.05) is 0 Å². The van der Waals surface area contributed by atoms with Crippen LogP contribution in [0.15, 0.2) is 48.5 Å². The van der Waals surface area contributed by atoms with Crippen LogP contribution in [0.1, 0.15) is 15.9 Å². The Kier molecular flexibility index (Phi) is 5.71. The molecule has 0 saturated heterocycles. The average molecular weight is 339 g/mol. The van der Waals surface area contributed by atoms with E-state index in [0.29, 0.717) is 16.1 Å². The summed E-state index contributed by atoms with van der Waals surface area (Å²) < 4.78 is 33.9. The zero-order valence-corrected chi connectivity index (χ0v) is 12.9. The van der Waals surface area contributed by atoms with Crippen LogP contribution in [0.25, 0.3) is 6.08 Å². The molecule has 0 aliphatic carbocycles. The molecular weight excluding hydrogens is 326 g/mol. The number of benzene rings is 2. The fourth-order valence-corrected chi connectivity index (χ4v) is 1.99. The summed E-state index contributed by atoms with van der Waals surface area (Å²) in [6.07, 6.45) is 2.94. The Morgan fingerprint density at radius 3 is 2.43 bits per heavy atom. The zero-order valence-electron chi connectivity index (χ0n) is 12.1. The largest absolute Gasteiger partial charge is 0.493 e. The Balaban J connectivity index is 2.15. The van der Waals surface area contributed by atoms with E-state index in [1.165, 1.54) is 25.3 Å². The molecule has 0 aliphatic rings. The number of hydrogen-bond donors (Lipinski definition) is 0. The van der Waals surface area contributed by atoms with E-state index in [2.05, 4.69) is 4.74 Å². The smallest absolute Gasteiger partial charge is 0.387 e. The summed E-state index contributed by atoms with van der Waals surface area (Å²) in [5.74, 6) is -0.108. The Bertz CT molecular complexity index is 712. The second kappa shape index (κ2) is 7.74. The van der Waals surface area contributed by atoms with Gasteiger partial charge in [0, 0.05) is 10.6 Å². The molecule has 2 aromatic rings. The van der Waals surface area contributed by atoms with E-state index in [4.69, 9.17) is 16.3 Å². The first-order chi connectivity index (χ1) is 11.0. The van der Waals surface area contributed by atoms with Crippen molar-refractivity contribution in [1.29, 1.82) is 0 Å². The molecule has 0 spiro atoms. The van der Waals surface area contributed by atoms with E-state index < -0.39 is 6.61 Å². The van der Waals surface area contributed by atoms with Gasteiger partial charge in [-0.15, -0.1) is 0 Å². The van der Waals surface area contributed by atoms with Crippen molar-refractivity contribution in [3.05, 3.63) is 64.7 Å². The van der Waals surface area contributed by atoms with E-state index in [9.17, 15) is 13.6 Å². The standard InChI is InChI=1S/C17H13ClF2O3/c1-22-16-10-11(3-9-15(16)23-17(19)20)2-8-14(21)12-4-6-13(18)7-5-12/h2-10,17H,1H3/b8-2+. The van der Waals surface area contributed by atoms with Crippen LogP contribution >= 0.6 is 11.6 Å². The molecule has 0 aliphatic heterocycles. The molecule has 3 nitrogen and oxygen atoms in total. The summed E-state index contributed by atoms with van der Waals surface area (Å²) in [7, 11) is 1.35. The second-order valence-electron chi connectivity index (χ2n) is 4.49. The maximum absolute atomic E-state index is 12.3. The second-order valence-corrected chi connectivity index (χ2v) is 4.93. The highest BCUT2D eigenvalue weighted by Gasteiger charge is 2.10. The number of alkyl halides is 2. The monoisotopic (exact) mass is 338 g/mol. The minimum Gasteiger partial charge on any atom is -0.493 e. The SMILES string of the molecule is COc1cc(/C=C/C(=O)c2ccc(Cl)cc2)ccc1OC(F)F. The van der Waals surface area contributed by atoms with Crippen molar-refractivity contribution in [1.82, 2.24) is 0 Å². The predicted octanol–water partition coefficient (Wildman–Crippen LogP) is 4.85. The van der Waals surface area contributed by atoms with Gasteiger partial charge in [0.05, 0.1) is 7.11 Å². The molecule has 0 unspecified atom stereocenters. The van der Waals surface area contributed by atoms with E-state index in [-0.39, 0.29) is 17.3 Å². The Morgan fingerprint density at radius 1 is 1.13 bits per heavy atom. The quantitative estimate of drug-likeness (QED) is 0.558. The van der Waals surface area contributed by atoms with Gasteiger partial charge in [0.2, 0.25) is 0 Å². The average Bonchev–Trinajstić information content (AvgIpc) is 2.53. The molecular formula is C17H13ClF2O3. The number of carbonyl (C=O) groups is 1. The number of carbonyl (C=O) groups excluding carboxylic acids is 1. The molecule has 0 atom stereocenters. The molecule has 0 saturated carbocycles. The van der Waals surface area contributed by atoms with Gasteiger partial charge < -0.3 is 9.47 Å². The van der Waals surface area contributed by atoms with Crippen LogP contribution in [0.5, 0.6) is 11.5 Å². The van der Waals surface area contributed by atoms with Crippen molar-refractivity contribution in [2.24, 2.45) is 0 Å². The summed E-state index contributed by atoms with van der Waals surface area (Å²) in [5, 5.41) is 0.546. The van der Waals surface area contributed by atoms with Crippen molar-refractivity contribution in [2.75, 3.05) is 7.11 Å². The van der Waals surface area contributed by atoms with Gasteiger partial charge in [-0.25, -0.2) is 0 Å². The first kappa shape index (κ1) is 17.0. The lowest BCUT2D eigenvalue weighted by Gasteiger charge is -2.10. The molecule has 0 radical (unpaired) electrons. The van der Waals surface area contributed by atoms with Gasteiger partial charge >= 0.3 is 6.61 Å². The zero-order chi connectivity index (χ0) is 16.8. The molecule has 0 bridgehead atoms.